The van der Waals surface area contributed by atoms with Gasteiger partial charge in [-0.05, 0) is 6.42 Å². The molecule has 0 aliphatic rings. The molecule has 0 aliphatic heterocycles. The van der Waals surface area contributed by atoms with Gasteiger partial charge in [0.05, 0.1) is 0 Å². The Kier molecular flexibility index (Phi) is 3.93. The fourth-order valence-corrected chi connectivity index (χ4v) is 0.627. The summed E-state index contributed by atoms with van der Waals surface area (Å²) in [7, 11) is 0. The molecule has 2 unspecified atom stereocenters. The van der Waals surface area contributed by atoms with Crippen LogP contribution in [-0.2, 0) is 9.59 Å². The summed E-state index contributed by atoms with van der Waals surface area (Å²) < 4.78 is 0. The van der Waals surface area contributed by atoms with E-state index in [1.165, 1.54) is 0 Å². The molecular weight excluding hydrogens is 116 g/mol. The van der Waals surface area contributed by atoms with Crippen LogP contribution in [0.3, 0.4) is 0 Å². The molecule has 0 saturated carbocycles. The van der Waals surface area contributed by atoms with E-state index in [9.17, 15) is 9.59 Å². The van der Waals surface area contributed by atoms with Crippen LogP contribution >= 0.6 is 0 Å². The van der Waals surface area contributed by atoms with E-state index in [0.29, 0.717) is 6.42 Å². The van der Waals surface area contributed by atoms with E-state index in [-0.39, 0.29) is 11.8 Å². The van der Waals surface area contributed by atoms with Crippen molar-refractivity contribution in [2.45, 2.75) is 20.3 Å². The van der Waals surface area contributed by atoms with Crippen LogP contribution in [0, 0.1) is 11.8 Å². The van der Waals surface area contributed by atoms with E-state index >= 15 is 0 Å². The summed E-state index contributed by atoms with van der Waals surface area (Å²) in [5, 5.41) is 0. The first-order valence-electron chi connectivity index (χ1n) is 2.96. The average molecular weight is 126 g/mol. The first kappa shape index (κ1) is 8.34. The number of hydrogen-bond acceptors (Lipinski definition) is 2. The molecule has 0 amide bonds. The molecule has 50 valence electrons. The molecule has 0 aromatic carbocycles. The second-order valence-corrected chi connectivity index (χ2v) is 2.27. The third-order valence-electron chi connectivity index (χ3n) is 1.11. The van der Waals surface area contributed by atoms with Gasteiger partial charge in [0.1, 0.15) is 0 Å². The summed E-state index contributed by atoms with van der Waals surface area (Å²) in [6.45, 7) is 3.47. The highest BCUT2D eigenvalue weighted by molar-refractivity contribution is 5.58. The Balaban J connectivity index is 3.45. The van der Waals surface area contributed by atoms with Crippen molar-refractivity contribution in [2.75, 3.05) is 0 Å². The third kappa shape index (κ3) is 3.88. The molecule has 0 heterocycles. The first-order valence-corrected chi connectivity index (χ1v) is 2.96. The van der Waals surface area contributed by atoms with Gasteiger partial charge in [-0.2, -0.15) is 0 Å². The maximum Gasteiger partial charge on any atom is 0.201 e. The van der Waals surface area contributed by atoms with E-state index in [0.717, 1.165) is 0 Å². The fraction of sp³-hybridized carbons (Fsp3) is 0.714. The standard InChI is InChI=1S/C7H10O2/c1-6(4-8)3-7(2)5-9/h6-7H,3H2,1-2H3. The van der Waals surface area contributed by atoms with Crippen LogP contribution in [0.4, 0.5) is 0 Å². The normalized spacial score (nSPS) is 16.2. The van der Waals surface area contributed by atoms with Crippen molar-refractivity contribution in [1.29, 1.82) is 0 Å². The SMILES string of the molecule is CC([C]=O)CC(C)[C]=O. The van der Waals surface area contributed by atoms with Gasteiger partial charge in [-0.25, -0.2) is 0 Å². The predicted octanol–water partition coefficient (Wildman–Crippen LogP) is 0.868. The molecule has 2 heteroatoms. The molecule has 0 rings (SSSR count). The lowest BCUT2D eigenvalue weighted by atomic mass is 10.0. The number of hydrogen-bond donors (Lipinski definition) is 0. The van der Waals surface area contributed by atoms with Crippen LogP contribution in [0.2, 0.25) is 0 Å². The van der Waals surface area contributed by atoms with E-state index in [2.05, 4.69) is 0 Å². The lowest BCUT2D eigenvalue weighted by Crippen LogP contribution is -2.04. The van der Waals surface area contributed by atoms with Crippen LogP contribution in [0.1, 0.15) is 20.3 Å². The maximum atomic E-state index is 9.90. The van der Waals surface area contributed by atoms with E-state index in [1.807, 2.05) is 0 Å². The van der Waals surface area contributed by atoms with Crippen molar-refractivity contribution in [3.63, 3.8) is 0 Å². The van der Waals surface area contributed by atoms with Crippen LogP contribution in [0.5, 0.6) is 0 Å². The monoisotopic (exact) mass is 126 g/mol. The maximum absolute atomic E-state index is 9.90. The summed E-state index contributed by atoms with van der Waals surface area (Å²) in [6, 6.07) is 0. The molecular formula is C7H10O2. The largest absolute Gasteiger partial charge is 0.291 e. The second-order valence-electron chi connectivity index (χ2n) is 2.27. The molecule has 0 fully saturated rings. The molecule has 0 bridgehead atoms. The average Bonchev–Trinajstić information content (AvgIpc) is 1.87. The van der Waals surface area contributed by atoms with E-state index < -0.39 is 0 Å². The summed E-state index contributed by atoms with van der Waals surface area (Å²) in [4.78, 5) is 19.8. The molecule has 2 radical (unpaired) electrons. The summed E-state index contributed by atoms with van der Waals surface area (Å²) >= 11 is 0. The van der Waals surface area contributed by atoms with Gasteiger partial charge in [0.25, 0.3) is 0 Å². The van der Waals surface area contributed by atoms with Gasteiger partial charge in [0.15, 0.2) is 0 Å². The molecule has 0 N–H and O–H groups in total. The van der Waals surface area contributed by atoms with Gasteiger partial charge in [-0.1, -0.05) is 13.8 Å². The van der Waals surface area contributed by atoms with Gasteiger partial charge in [-0.15, -0.1) is 0 Å². The minimum absolute atomic E-state index is 0.138. The van der Waals surface area contributed by atoms with Crippen LogP contribution in [0.15, 0.2) is 0 Å². The Morgan fingerprint density at radius 2 is 1.44 bits per heavy atom. The molecule has 2 atom stereocenters. The minimum atomic E-state index is -0.138. The molecule has 0 aliphatic carbocycles. The highest BCUT2D eigenvalue weighted by Crippen LogP contribution is 2.05. The minimum Gasteiger partial charge on any atom is -0.291 e. The van der Waals surface area contributed by atoms with Crippen molar-refractivity contribution in [1.82, 2.24) is 0 Å². The van der Waals surface area contributed by atoms with Gasteiger partial charge in [0, 0.05) is 11.8 Å². The van der Waals surface area contributed by atoms with Crippen molar-refractivity contribution in [2.24, 2.45) is 11.8 Å². The number of rotatable bonds is 4. The highest BCUT2D eigenvalue weighted by atomic mass is 16.1. The second kappa shape index (κ2) is 4.24. The first-order chi connectivity index (χ1) is 4.20. The Morgan fingerprint density at radius 1 is 1.11 bits per heavy atom. The fourth-order valence-electron chi connectivity index (χ4n) is 0.627. The quantitative estimate of drug-likeness (QED) is 0.560. The Labute approximate surface area is 55.3 Å². The Morgan fingerprint density at radius 3 is 1.67 bits per heavy atom. The lowest BCUT2D eigenvalue weighted by molar-refractivity contribution is 0.480. The van der Waals surface area contributed by atoms with Crippen molar-refractivity contribution < 1.29 is 9.59 Å². The molecule has 0 saturated heterocycles. The van der Waals surface area contributed by atoms with Crippen LogP contribution in [0.25, 0.3) is 0 Å². The van der Waals surface area contributed by atoms with Gasteiger partial charge < -0.3 is 0 Å². The topological polar surface area (TPSA) is 34.1 Å². The molecule has 2 nitrogen and oxygen atoms in total. The Bertz CT molecular complexity index is 87.1. The van der Waals surface area contributed by atoms with Gasteiger partial charge >= 0.3 is 0 Å². The van der Waals surface area contributed by atoms with E-state index in [1.54, 1.807) is 26.4 Å². The van der Waals surface area contributed by atoms with Crippen molar-refractivity contribution in [3.05, 3.63) is 0 Å². The summed E-state index contributed by atoms with van der Waals surface area (Å²) in [5.74, 6) is -0.275. The smallest absolute Gasteiger partial charge is 0.201 e. The number of carbonyl (C=O) groups excluding carboxylic acids is 2. The van der Waals surface area contributed by atoms with Crippen molar-refractivity contribution in [3.8, 4) is 0 Å². The Hall–Kier alpha value is -0.660. The zero-order valence-electron chi connectivity index (χ0n) is 5.68. The highest BCUT2D eigenvalue weighted by Gasteiger charge is 2.06. The van der Waals surface area contributed by atoms with Crippen LogP contribution < -0.4 is 0 Å². The lowest BCUT2D eigenvalue weighted by Gasteiger charge is -2.01. The van der Waals surface area contributed by atoms with Crippen molar-refractivity contribution >= 4 is 12.6 Å². The van der Waals surface area contributed by atoms with E-state index in [4.69, 9.17) is 0 Å². The molecule has 0 spiro atoms. The van der Waals surface area contributed by atoms with Crippen LogP contribution in [-0.4, -0.2) is 12.6 Å². The molecule has 9 heavy (non-hydrogen) atoms. The third-order valence-corrected chi connectivity index (χ3v) is 1.11. The zero-order chi connectivity index (χ0) is 7.28. The summed E-state index contributed by atoms with van der Waals surface area (Å²) in [6.07, 6.45) is 4.16. The predicted molar refractivity (Wildman–Crippen MR) is 34.3 cm³/mol. The summed E-state index contributed by atoms with van der Waals surface area (Å²) in [5.41, 5.74) is 0. The van der Waals surface area contributed by atoms with Gasteiger partial charge in [-0.3, -0.25) is 9.59 Å². The molecule has 0 aromatic rings. The zero-order valence-corrected chi connectivity index (χ0v) is 5.68. The van der Waals surface area contributed by atoms with Gasteiger partial charge in [0.2, 0.25) is 12.6 Å². The molecule has 0 aromatic heterocycles.